The number of nitrogens with zero attached hydrogens (tertiary/aromatic N) is 2. The molecule has 2 aliphatic heterocycles. The summed E-state index contributed by atoms with van der Waals surface area (Å²) in [5.74, 6) is 0. The maximum absolute atomic E-state index is 2.37. The van der Waals surface area contributed by atoms with Gasteiger partial charge in [0.2, 0.25) is 0 Å². The Kier molecular flexibility index (Phi) is 3.16. The lowest BCUT2D eigenvalue weighted by atomic mass is 10.3. The molecule has 1 unspecified atom stereocenters. The van der Waals surface area contributed by atoms with E-state index >= 15 is 0 Å². The Morgan fingerprint density at radius 2 is 1.57 bits per heavy atom. The zero-order chi connectivity index (χ0) is 14.4. The molecule has 0 amide bonds. The van der Waals surface area contributed by atoms with Crippen molar-refractivity contribution in [3.63, 3.8) is 0 Å². The highest BCUT2D eigenvalue weighted by Crippen LogP contribution is 2.48. The lowest BCUT2D eigenvalue weighted by molar-refractivity contribution is 0.980. The Bertz CT molecular complexity index is 726. The second-order valence-corrected chi connectivity index (χ2v) is 7.44. The lowest BCUT2D eigenvalue weighted by Crippen LogP contribution is -2.24. The fourth-order valence-electron chi connectivity index (χ4n) is 2.73. The van der Waals surface area contributed by atoms with Crippen molar-refractivity contribution in [1.29, 1.82) is 0 Å². The first-order chi connectivity index (χ1) is 10.2. The average molecular weight is 312 g/mol. The highest BCUT2D eigenvalue weighted by molar-refractivity contribution is 8.04. The van der Waals surface area contributed by atoms with Crippen molar-refractivity contribution < 1.29 is 0 Å². The first-order valence-corrected chi connectivity index (χ1v) is 8.64. The molecule has 4 heteroatoms. The number of fused-ring (bicyclic) bond motifs is 2. The number of anilines is 2. The van der Waals surface area contributed by atoms with Crippen molar-refractivity contribution in [1.82, 2.24) is 0 Å². The van der Waals surface area contributed by atoms with Crippen molar-refractivity contribution in [3.8, 4) is 0 Å². The van der Waals surface area contributed by atoms with E-state index in [2.05, 4.69) is 78.5 Å². The molecule has 4 rings (SSSR count). The molecule has 2 aromatic rings. The summed E-state index contributed by atoms with van der Waals surface area (Å²) in [6.07, 6.45) is 2.37. The fraction of sp³-hybridized carbons (Fsp3) is 0.176. The van der Waals surface area contributed by atoms with Gasteiger partial charge in [0, 0.05) is 23.9 Å². The molecule has 0 radical (unpaired) electrons. The molecule has 0 saturated heterocycles. The maximum atomic E-state index is 2.37. The van der Waals surface area contributed by atoms with Gasteiger partial charge in [-0.2, -0.15) is 0 Å². The summed E-state index contributed by atoms with van der Waals surface area (Å²) in [6, 6.07) is 17.2. The van der Waals surface area contributed by atoms with E-state index in [4.69, 9.17) is 0 Å². The first kappa shape index (κ1) is 13.2. The van der Waals surface area contributed by atoms with Crippen molar-refractivity contribution in [2.75, 3.05) is 23.9 Å². The molecule has 0 N–H and O–H groups in total. The number of likely N-dealkylation sites (N-methyl/N-ethyl adjacent to an activating group) is 1. The summed E-state index contributed by atoms with van der Waals surface area (Å²) in [7, 11) is 4.32. The van der Waals surface area contributed by atoms with E-state index in [0.717, 1.165) is 0 Å². The normalized spacial score (nSPS) is 21.8. The topological polar surface area (TPSA) is 6.48 Å². The number of benzene rings is 2. The second-order valence-electron chi connectivity index (χ2n) is 5.22. The van der Waals surface area contributed by atoms with Gasteiger partial charge in [-0.25, -0.2) is 0 Å². The monoisotopic (exact) mass is 312 g/mol. The van der Waals surface area contributed by atoms with Crippen molar-refractivity contribution >= 4 is 34.9 Å². The molecule has 0 aromatic heterocycles. The quantitative estimate of drug-likeness (QED) is 0.756. The van der Waals surface area contributed by atoms with Crippen molar-refractivity contribution in [2.45, 2.75) is 15.2 Å². The highest BCUT2D eigenvalue weighted by atomic mass is 32.2. The number of hydrogen-bond donors (Lipinski definition) is 0. The molecule has 0 saturated carbocycles. The minimum absolute atomic E-state index is 0.363. The van der Waals surface area contributed by atoms with E-state index in [1.807, 2.05) is 23.5 Å². The molecule has 106 valence electrons. The van der Waals surface area contributed by atoms with Crippen LogP contribution < -0.4 is 9.80 Å². The summed E-state index contributed by atoms with van der Waals surface area (Å²) in [4.78, 5) is 7.35. The van der Waals surface area contributed by atoms with E-state index in [-0.39, 0.29) is 0 Å². The molecule has 0 spiro atoms. The SMILES string of the molecule is CN1/C(=C/C2Sc3ccccc3N2C)Sc2ccccc21. The van der Waals surface area contributed by atoms with Crippen LogP contribution in [0.1, 0.15) is 0 Å². The first-order valence-electron chi connectivity index (χ1n) is 6.95. The lowest BCUT2D eigenvalue weighted by Gasteiger charge is -2.21. The number of hydrogen-bond acceptors (Lipinski definition) is 4. The van der Waals surface area contributed by atoms with Crippen LogP contribution in [0.3, 0.4) is 0 Å². The van der Waals surface area contributed by atoms with Crippen LogP contribution in [0.15, 0.2) is 69.4 Å². The minimum Gasteiger partial charge on any atom is -0.358 e. The van der Waals surface area contributed by atoms with E-state index < -0.39 is 0 Å². The van der Waals surface area contributed by atoms with Crippen LogP contribution in [0.5, 0.6) is 0 Å². The molecule has 21 heavy (non-hydrogen) atoms. The van der Waals surface area contributed by atoms with Crippen molar-refractivity contribution in [3.05, 3.63) is 59.6 Å². The Morgan fingerprint density at radius 3 is 2.29 bits per heavy atom. The molecule has 0 bridgehead atoms. The third-order valence-corrected chi connectivity index (χ3v) is 6.41. The van der Waals surface area contributed by atoms with Gasteiger partial charge in [-0.1, -0.05) is 47.8 Å². The summed E-state index contributed by atoms with van der Waals surface area (Å²) in [6.45, 7) is 0. The van der Waals surface area contributed by atoms with Gasteiger partial charge < -0.3 is 9.80 Å². The van der Waals surface area contributed by atoms with Crippen LogP contribution in [0.25, 0.3) is 0 Å². The van der Waals surface area contributed by atoms with Crippen LogP contribution in [0, 0.1) is 0 Å². The Morgan fingerprint density at radius 1 is 0.905 bits per heavy atom. The molecule has 2 aliphatic rings. The summed E-state index contributed by atoms with van der Waals surface area (Å²) in [5.41, 5.74) is 2.63. The van der Waals surface area contributed by atoms with Crippen LogP contribution in [0.4, 0.5) is 11.4 Å². The standard InChI is InChI=1S/C17H16N2S2/c1-18-12-7-3-5-9-14(12)20-16(18)11-17-19(2)13-8-4-6-10-15(13)21-17/h3-11,16H,1-2H3/b17-11-. The average Bonchev–Trinajstić information content (AvgIpc) is 2.99. The van der Waals surface area contributed by atoms with Gasteiger partial charge in [-0.05, 0) is 30.3 Å². The molecule has 1 atom stereocenters. The molecular weight excluding hydrogens is 296 g/mol. The molecular formula is C17H16N2S2. The van der Waals surface area contributed by atoms with Gasteiger partial charge >= 0.3 is 0 Å². The third kappa shape index (κ3) is 2.14. The van der Waals surface area contributed by atoms with Crippen molar-refractivity contribution in [2.24, 2.45) is 0 Å². The van der Waals surface area contributed by atoms with Crippen LogP contribution in [-0.2, 0) is 0 Å². The van der Waals surface area contributed by atoms with Gasteiger partial charge in [0.25, 0.3) is 0 Å². The molecule has 0 fully saturated rings. The van der Waals surface area contributed by atoms with E-state index in [1.165, 1.54) is 26.2 Å². The molecule has 0 aliphatic carbocycles. The Labute approximate surface area is 133 Å². The summed E-state index contributed by atoms with van der Waals surface area (Å²) in [5, 5.41) is 1.68. The smallest absolute Gasteiger partial charge is 0.101 e. The van der Waals surface area contributed by atoms with Gasteiger partial charge in [0.1, 0.15) is 5.37 Å². The predicted molar refractivity (Wildman–Crippen MR) is 93.3 cm³/mol. The fourth-order valence-corrected chi connectivity index (χ4v) is 5.15. The van der Waals surface area contributed by atoms with Crippen LogP contribution >= 0.6 is 23.5 Å². The largest absolute Gasteiger partial charge is 0.358 e. The second kappa shape index (κ2) is 5.04. The number of thioether (sulfide) groups is 2. The van der Waals surface area contributed by atoms with Crippen LogP contribution in [0.2, 0.25) is 0 Å². The van der Waals surface area contributed by atoms with Gasteiger partial charge in [-0.3, -0.25) is 0 Å². The third-order valence-electron chi connectivity index (χ3n) is 3.93. The van der Waals surface area contributed by atoms with Gasteiger partial charge in [0.05, 0.1) is 16.4 Å². The zero-order valence-electron chi connectivity index (χ0n) is 12.0. The molecule has 2 nitrogen and oxygen atoms in total. The molecule has 2 heterocycles. The Hall–Kier alpha value is -1.52. The predicted octanol–water partition coefficient (Wildman–Crippen LogP) is 4.64. The number of para-hydroxylation sites is 2. The maximum Gasteiger partial charge on any atom is 0.101 e. The summed E-state index contributed by atoms with van der Waals surface area (Å²) < 4.78 is 0. The van der Waals surface area contributed by atoms with E-state index in [1.54, 1.807) is 0 Å². The minimum atomic E-state index is 0.363. The van der Waals surface area contributed by atoms with E-state index in [0.29, 0.717) is 5.37 Å². The van der Waals surface area contributed by atoms with Crippen LogP contribution in [-0.4, -0.2) is 19.5 Å². The van der Waals surface area contributed by atoms with Gasteiger partial charge in [0.15, 0.2) is 0 Å². The highest BCUT2D eigenvalue weighted by Gasteiger charge is 2.28. The number of rotatable bonds is 1. The molecule has 2 aromatic carbocycles. The Balaban J connectivity index is 1.64. The zero-order valence-corrected chi connectivity index (χ0v) is 13.6. The summed E-state index contributed by atoms with van der Waals surface area (Å²) >= 11 is 3.78. The van der Waals surface area contributed by atoms with E-state index in [9.17, 15) is 0 Å². The van der Waals surface area contributed by atoms with Gasteiger partial charge in [-0.15, -0.1) is 0 Å².